The van der Waals surface area contributed by atoms with Crippen LogP contribution in [-0.2, 0) is 0 Å². The fraction of sp³-hybridized carbons (Fsp3) is 0.125. The molecule has 0 heterocycles. The summed E-state index contributed by atoms with van der Waals surface area (Å²) in [6.07, 6.45) is 6.88. The first kappa shape index (κ1) is 7.89. The second-order valence-electron chi connectivity index (χ2n) is 1.50. The van der Waals surface area contributed by atoms with E-state index in [1.54, 1.807) is 24.6 Å². The molecule has 0 aromatic rings. The van der Waals surface area contributed by atoms with Gasteiger partial charge in [-0.2, -0.15) is 0 Å². The summed E-state index contributed by atoms with van der Waals surface area (Å²) in [6, 6.07) is 0. The lowest BCUT2D eigenvalue weighted by Crippen LogP contribution is -1.62. The lowest BCUT2D eigenvalue weighted by Gasteiger charge is -1.81. The van der Waals surface area contributed by atoms with Crippen molar-refractivity contribution in [2.75, 3.05) is 0 Å². The third-order valence-corrected chi connectivity index (χ3v) is 0.786. The highest BCUT2D eigenvalue weighted by atomic mass is 14.6. The molecule has 0 saturated heterocycles. The highest BCUT2D eigenvalue weighted by molar-refractivity contribution is 5.54. The van der Waals surface area contributed by atoms with Crippen LogP contribution in [0.1, 0.15) is 6.92 Å². The zero-order valence-electron chi connectivity index (χ0n) is 5.67. The summed E-state index contributed by atoms with van der Waals surface area (Å²) in [7, 11) is 0. The molecule has 0 fully saturated rings. The maximum Gasteiger partial charge on any atom is 0.0269 e. The molecule has 48 valence electrons. The van der Waals surface area contributed by atoms with Crippen LogP contribution >= 0.6 is 0 Å². The topological polar surface area (TPSA) is 12.4 Å². The minimum Gasteiger partial charge on any atom is -0.269 e. The van der Waals surface area contributed by atoms with E-state index >= 15 is 0 Å². The fourth-order valence-corrected chi connectivity index (χ4v) is 0.293. The van der Waals surface area contributed by atoms with Gasteiger partial charge in [0.1, 0.15) is 0 Å². The third kappa shape index (κ3) is 4.75. The van der Waals surface area contributed by atoms with E-state index in [0.717, 1.165) is 5.57 Å². The standard InChI is InChI=1S/C8H11N/c1-4-8(3)6-7-9-5-2/h4-7H,1,3H2,2H3/b7-6-,9-5?. The van der Waals surface area contributed by atoms with Gasteiger partial charge in [-0.15, -0.1) is 0 Å². The summed E-state index contributed by atoms with van der Waals surface area (Å²) in [6.45, 7) is 9.07. The van der Waals surface area contributed by atoms with Crippen molar-refractivity contribution < 1.29 is 0 Å². The first-order chi connectivity index (χ1) is 4.31. The van der Waals surface area contributed by atoms with Crippen LogP contribution in [0, 0.1) is 0 Å². The van der Waals surface area contributed by atoms with Crippen LogP contribution in [0.5, 0.6) is 0 Å². The quantitative estimate of drug-likeness (QED) is 0.401. The monoisotopic (exact) mass is 121 g/mol. The van der Waals surface area contributed by atoms with E-state index in [1.165, 1.54) is 0 Å². The van der Waals surface area contributed by atoms with E-state index < -0.39 is 0 Å². The van der Waals surface area contributed by atoms with Crippen molar-refractivity contribution >= 4 is 6.21 Å². The molecule has 0 aromatic carbocycles. The lowest BCUT2D eigenvalue weighted by atomic mass is 10.3. The summed E-state index contributed by atoms with van der Waals surface area (Å²) in [5.74, 6) is 0. The maximum absolute atomic E-state index is 3.85. The van der Waals surface area contributed by atoms with Crippen molar-refractivity contribution in [3.8, 4) is 0 Å². The van der Waals surface area contributed by atoms with Crippen LogP contribution in [0.3, 0.4) is 0 Å². The zero-order chi connectivity index (χ0) is 7.11. The molecule has 0 amide bonds. The molecule has 9 heavy (non-hydrogen) atoms. The molecule has 1 nitrogen and oxygen atoms in total. The average Bonchev–Trinajstić information content (AvgIpc) is 1.89. The van der Waals surface area contributed by atoms with Crippen molar-refractivity contribution in [1.29, 1.82) is 0 Å². The largest absolute Gasteiger partial charge is 0.269 e. The first-order valence-electron chi connectivity index (χ1n) is 2.77. The Balaban J connectivity index is 3.70. The summed E-state index contributed by atoms with van der Waals surface area (Å²) in [5, 5.41) is 0. The summed E-state index contributed by atoms with van der Waals surface area (Å²) >= 11 is 0. The highest BCUT2D eigenvalue weighted by Crippen LogP contribution is 1.91. The van der Waals surface area contributed by atoms with E-state index in [-0.39, 0.29) is 0 Å². The number of hydrogen-bond acceptors (Lipinski definition) is 1. The van der Waals surface area contributed by atoms with E-state index in [0.29, 0.717) is 0 Å². The normalized spacial score (nSPS) is 10.8. The Hall–Kier alpha value is -1.11. The van der Waals surface area contributed by atoms with Gasteiger partial charge < -0.3 is 0 Å². The van der Waals surface area contributed by atoms with Crippen LogP contribution in [0.2, 0.25) is 0 Å². The Morgan fingerprint density at radius 1 is 1.56 bits per heavy atom. The fourth-order valence-electron chi connectivity index (χ4n) is 0.293. The zero-order valence-corrected chi connectivity index (χ0v) is 5.67. The average molecular weight is 121 g/mol. The Bertz CT molecular complexity index is 152. The molecule has 0 rings (SSSR count). The molecule has 0 spiro atoms. The maximum atomic E-state index is 3.85. The molecule has 0 unspecified atom stereocenters. The highest BCUT2D eigenvalue weighted by Gasteiger charge is 1.71. The van der Waals surface area contributed by atoms with Gasteiger partial charge in [-0.3, -0.25) is 4.99 Å². The van der Waals surface area contributed by atoms with Crippen molar-refractivity contribution in [2.45, 2.75) is 6.92 Å². The van der Waals surface area contributed by atoms with Crippen LogP contribution in [0.25, 0.3) is 0 Å². The third-order valence-electron chi connectivity index (χ3n) is 0.786. The van der Waals surface area contributed by atoms with Crippen molar-refractivity contribution in [3.05, 3.63) is 37.1 Å². The van der Waals surface area contributed by atoms with Crippen LogP contribution < -0.4 is 0 Å². The number of allylic oxidation sites excluding steroid dienone is 3. The van der Waals surface area contributed by atoms with Gasteiger partial charge in [-0.05, 0) is 18.6 Å². The summed E-state index contributed by atoms with van der Waals surface area (Å²) in [4.78, 5) is 3.85. The molecular weight excluding hydrogens is 110 g/mol. The Labute approximate surface area is 56.1 Å². The molecule has 0 aliphatic carbocycles. The number of aliphatic imine (C=N–C) groups is 1. The van der Waals surface area contributed by atoms with E-state index in [4.69, 9.17) is 0 Å². The van der Waals surface area contributed by atoms with Gasteiger partial charge in [0.15, 0.2) is 0 Å². The van der Waals surface area contributed by atoms with Gasteiger partial charge in [-0.1, -0.05) is 19.2 Å². The summed E-state index contributed by atoms with van der Waals surface area (Å²) in [5.41, 5.74) is 0.876. The molecule has 0 N–H and O–H groups in total. The second kappa shape index (κ2) is 5.04. The number of rotatable bonds is 3. The molecule has 0 aliphatic rings. The van der Waals surface area contributed by atoms with Gasteiger partial charge in [0.25, 0.3) is 0 Å². The summed E-state index contributed by atoms with van der Waals surface area (Å²) < 4.78 is 0. The molecule has 0 atom stereocenters. The van der Waals surface area contributed by atoms with Crippen LogP contribution in [-0.4, -0.2) is 6.21 Å². The Kier molecular flexibility index (Phi) is 4.41. The van der Waals surface area contributed by atoms with Gasteiger partial charge in [0.05, 0.1) is 0 Å². The van der Waals surface area contributed by atoms with Gasteiger partial charge >= 0.3 is 0 Å². The van der Waals surface area contributed by atoms with Gasteiger partial charge in [-0.25, -0.2) is 0 Å². The molecule has 0 saturated carbocycles. The molecule has 0 radical (unpaired) electrons. The second-order valence-corrected chi connectivity index (χ2v) is 1.50. The number of nitrogens with zero attached hydrogens (tertiary/aromatic N) is 1. The van der Waals surface area contributed by atoms with Crippen LogP contribution in [0.4, 0.5) is 0 Å². The predicted molar refractivity (Wildman–Crippen MR) is 42.6 cm³/mol. The minimum absolute atomic E-state index is 0.876. The Morgan fingerprint density at radius 2 is 2.22 bits per heavy atom. The lowest BCUT2D eigenvalue weighted by molar-refractivity contribution is 1.55. The predicted octanol–water partition coefficient (Wildman–Crippen LogP) is 2.33. The van der Waals surface area contributed by atoms with E-state index in [9.17, 15) is 0 Å². The first-order valence-corrected chi connectivity index (χ1v) is 2.77. The smallest absolute Gasteiger partial charge is 0.0269 e. The van der Waals surface area contributed by atoms with E-state index in [2.05, 4.69) is 18.2 Å². The minimum atomic E-state index is 0.876. The van der Waals surface area contributed by atoms with Crippen LogP contribution in [0.15, 0.2) is 42.1 Å². The molecule has 1 heteroatoms. The van der Waals surface area contributed by atoms with E-state index in [1.807, 2.05) is 6.92 Å². The molecule has 0 aliphatic heterocycles. The SMILES string of the molecule is C=CC(=C)/C=C\N=CC. The van der Waals surface area contributed by atoms with Crippen molar-refractivity contribution in [2.24, 2.45) is 4.99 Å². The molecular formula is C8H11N. The van der Waals surface area contributed by atoms with Crippen molar-refractivity contribution in [1.82, 2.24) is 0 Å². The molecule has 0 aromatic heterocycles. The Morgan fingerprint density at radius 3 is 2.67 bits per heavy atom. The van der Waals surface area contributed by atoms with Gasteiger partial charge in [0, 0.05) is 12.4 Å². The van der Waals surface area contributed by atoms with Gasteiger partial charge in [0.2, 0.25) is 0 Å². The van der Waals surface area contributed by atoms with Crippen molar-refractivity contribution in [3.63, 3.8) is 0 Å². The molecule has 0 bridgehead atoms. The number of hydrogen-bond donors (Lipinski definition) is 0.